The number of ether oxygens (including phenoxy) is 1. The summed E-state index contributed by atoms with van der Waals surface area (Å²) in [6, 6.07) is 6.82. The van der Waals surface area contributed by atoms with Crippen LogP contribution in [0.5, 0.6) is 0 Å². The molecular weight excluding hydrogens is 246 g/mol. The molecule has 6 heteroatoms. The zero-order chi connectivity index (χ0) is 14.4. The van der Waals surface area contributed by atoms with Gasteiger partial charge in [-0.1, -0.05) is 29.4 Å². The minimum absolute atomic E-state index is 0.0181. The molecule has 1 rings (SSSR count). The molecule has 1 unspecified atom stereocenters. The number of oxime groups is 1. The van der Waals surface area contributed by atoms with Gasteiger partial charge in [0.05, 0.1) is 7.11 Å². The molecule has 0 fully saturated rings. The highest BCUT2D eigenvalue weighted by Gasteiger charge is 2.16. The van der Waals surface area contributed by atoms with E-state index in [9.17, 15) is 4.79 Å². The average Bonchev–Trinajstić information content (AvgIpc) is 2.45. The summed E-state index contributed by atoms with van der Waals surface area (Å²) in [7, 11) is 1.36. The Morgan fingerprint density at radius 1 is 1.37 bits per heavy atom. The summed E-state index contributed by atoms with van der Waals surface area (Å²) in [6.07, 6.45) is 0. The average molecular weight is 265 g/mol. The lowest BCUT2D eigenvalue weighted by molar-refractivity contribution is -0.142. The summed E-state index contributed by atoms with van der Waals surface area (Å²) in [4.78, 5) is 11.3. The molecule has 0 heterocycles. The molecule has 0 spiro atoms. The van der Waals surface area contributed by atoms with Crippen molar-refractivity contribution in [3.05, 3.63) is 35.4 Å². The first-order valence-corrected chi connectivity index (χ1v) is 5.91. The summed E-state index contributed by atoms with van der Waals surface area (Å²) in [5.74, 6) is -0.241. The summed E-state index contributed by atoms with van der Waals surface area (Å²) < 4.78 is 4.65. The highest BCUT2D eigenvalue weighted by atomic mass is 16.5. The van der Waals surface area contributed by atoms with Crippen LogP contribution in [-0.4, -0.2) is 30.2 Å². The zero-order valence-electron chi connectivity index (χ0n) is 11.3. The van der Waals surface area contributed by atoms with Gasteiger partial charge in [0, 0.05) is 11.6 Å². The van der Waals surface area contributed by atoms with Gasteiger partial charge >= 0.3 is 5.97 Å². The highest BCUT2D eigenvalue weighted by Crippen LogP contribution is 2.14. The molecular formula is C13H19N3O3. The van der Waals surface area contributed by atoms with Crippen molar-refractivity contribution >= 4 is 11.8 Å². The van der Waals surface area contributed by atoms with Crippen LogP contribution < -0.4 is 11.1 Å². The first-order chi connectivity index (χ1) is 8.99. The van der Waals surface area contributed by atoms with Crippen LogP contribution >= 0.6 is 0 Å². The predicted octanol–water partition coefficient (Wildman–Crippen LogP) is 0.993. The van der Waals surface area contributed by atoms with E-state index in [2.05, 4.69) is 15.2 Å². The maximum Gasteiger partial charge on any atom is 0.322 e. The van der Waals surface area contributed by atoms with Crippen LogP contribution in [0.4, 0.5) is 0 Å². The van der Waals surface area contributed by atoms with E-state index < -0.39 is 0 Å². The Kier molecular flexibility index (Phi) is 5.32. The van der Waals surface area contributed by atoms with Gasteiger partial charge in [-0.25, -0.2) is 0 Å². The largest absolute Gasteiger partial charge is 0.468 e. The summed E-state index contributed by atoms with van der Waals surface area (Å²) in [5.41, 5.74) is 7.11. The molecule has 0 saturated carbocycles. The minimum atomic E-state index is -0.385. The Bertz CT molecular complexity index is 457. The van der Waals surface area contributed by atoms with Crippen molar-refractivity contribution in [1.82, 2.24) is 5.32 Å². The molecule has 6 nitrogen and oxygen atoms in total. The van der Waals surface area contributed by atoms with Gasteiger partial charge in [-0.15, -0.1) is 0 Å². The Labute approximate surface area is 112 Å². The third-order valence-corrected chi connectivity index (χ3v) is 2.87. The number of hydrogen-bond acceptors (Lipinski definition) is 5. The number of nitrogens with zero attached hydrogens (tertiary/aromatic N) is 1. The van der Waals surface area contributed by atoms with Crippen LogP contribution in [-0.2, 0) is 9.53 Å². The fourth-order valence-electron chi connectivity index (χ4n) is 1.72. The second-order valence-corrected chi connectivity index (χ2v) is 4.24. The molecule has 4 N–H and O–H groups in total. The highest BCUT2D eigenvalue weighted by molar-refractivity contribution is 5.96. The van der Waals surface area contributed by atoms with Crippen LogP contribution in [0.3, 0.4) is 0 Å². The topological polar surface area (TPSA) is 96.9 Å². The lowest BCUT2D eigenvalue weighted by Crippen LogP contribution is -2.36. The van der Waals surface area contributed by atoms with Crippen LogP contribution in [0, 0.1) is 0 Å². The van der Waals surface area contributed by atoms with Gasteiger partial charge in [0.2, 0.25) is 0 Å². The van der Waals surface area contributed by atoms with Gasteiger partial charge < -0.3 is 15.7 Å². The monoisotopic (exact) mass is 265 g/mol. The van der Waals surface area contributed by atoms with Gasteiger partial charge in [0.15, 0.2) is 5.84 Å². The van der Waals surface area contributed by atoms with Gasteiger partial charge in [0.1, 0.15) is 6.04 Å². The SMILES string of the molecule is COC(=O)[C@@H](C)NC(C)c1ccc(/C(N)=N/O)cc1. The van der Waals surface area contributed by atoms with E-state index in [-0.39, 0.29) is 23.9 Å². The second-order valence-electron chi connectivity index (χ2n) is 4.24. The van der Waals surface area contributed by atoms with Crippen LogP contribution in [0.2, 0.25) is 0 Å². The van der Waals surface area contributed by atoms with Gasteiger partial charge in [-0.2, -0.15) is 0 Å². The molecule has 0 aliphatic carbocycles. The summed E-state index contributed by atoms with van der Waals surface area (Å²) >= 11 is 0. The zero-order valence-corrected chi connectivity index (χ0v) is 11.3. The predicted molar refractivity (Wildman–Crippen MR) is 72.0 cm³/mol. The van der Waals surface area contributed by atoms with E-state index in [1.54, 1.807) is 19.1 Å². The van der Waals surface area contributed by atoms with Crippen molar-refractivity contribution in [2.75, 3.05) is 7.11 Å². The number of hydrogen-bond donors (Lipinski definition) is 3. The van der Waals surface area contributed by atoms with Crippen LogP contribution in [0.15, 0.2) is 29.4 Å². The van der Waals surface area contributed by atoms with Crippen molar-refractivity contribution in [3.8, 4) is 0 Å². The number of carbonyl (C=O) groups is 1. The Morgan fingerprint density at radius 2 is 1.95 bits per heavy atom. The van der Waals surface area contributed by atoms with Gasteiger partial charge in [0.25, 0.3) is 0 Å². The normalized spacial score (nSPS) is 14.8. The minimum Gasteiger partial charge on any atom is -0.468 e. The maximum atomic E-state index is 11.3. The van der Waals surface area contributed by atoms with E-state index in [1.807, 2.05) is 19.1 Å². The number of nitrogens with one attached hydrogen (secondary N) is 1. The standard InChI is InChI=1S/C13H19N3O3/c1-8(15-9(2)13(17)19-3)10-4-6-11(7-5-10)12(14)16-18/h4-9,15,18H,1-3H3,(H2,14,16)/t8?,9-/m1/s1. The number of nitrogens with two attached hydrogens (primary N) is 1. The Hall–Kier alpha value is -2.08. The number of methoxy groups -OCH3 is 1. The number of rotatable bonds is 5. The molecule has 2 atom stereocenters. The summed E-state index contributed by atoms with van der Waals surface area (Å²) in [6.45, 7) is 3.69. The van der Waals surface area contributed by atoms with E-state index in [0.29, 0.717) is 5.56 Å². The van der Waals surface area contributed by atoms with Crippen molar-refractivity contribution in [2.45, 2.75) is 25.9 Å². The smallest absolute Gasteiger partial charge is 0.322 e. The van der Waals surface area contributed by atoms with Crippen molar-refractivity contribution in [2.24, 2.45) is 10.9 Å². The molecule has 0 aliphatic rings. The Balaban J connectivity index is 2.73. The number of benzene rings is 1. The number of amidine groups is 1. The first kappa shape index (κ1) is 15.0. The quantitative estimate of drug-likeness (QED) is 0.242. The van der Waals surface area contributed by atoms with Crippen molar-refractivity contribution in [3.63, 3.8) is 0 Å². The molecule has 0 radical (unpaired) electrons. The second kappa shape index (κ2) is 6.75. The third kappa shape index (κ3) is 3.96. The van der Waals surface area contributed by atoms with E-state index in [4.69, 9.17) is 10.9 Å². The fraction of sp³-hybridized carbons (Fsp3) is 0.385. The molecule has 0 aromatic heterocycles. The number of esters is 1. The van der Waals surface area contributed by atoms with E-state index in [1.165, 1.54) is 7.11 Å². The molecule has 1 aromatic rings. The molecule has 0 aliphatic heterocycles. The van der Waals surface area contributed by atoms with E-state index in [0.717, 1.165) is 5.56 Å². The lowest BCUT2D eigenvalue weighted by Gasteiger charge is -2.18. The summed E-state index contributed by atoms with van der Waals surface area (Å²) in [5, 5.41) is 14.6. The molecule has 0 bridgehead atoms. The molecule has 19 heavy (non-hydrogen) atoms. The van der Waals surface area contributed by atoms with Crippen molar-refractivity contribution in [1.29, 1.82) is 0 Å². The molecule has 0 amide bonds. The fourth-order valence-corrected chi connectivity index (χ4v) is 1.72. The van der Waals surface area contributed by atoms with Crippen LogP contribution in [0.1, 0.15) is 31.0 Å². The van der Waals surface area contributed by atoms with Crippen LogP contribution in [0.25, 0.3) is 0 Å². The maximum absolute atomic E-state index is 11.3. The van der Waals surface area contributed by atoms with Gasteiger partial charge in [-0.3, -0.25) is 10.1 Å². The van der Waals surface area contributed by atoms with Crippen molar-refractivity contribution < 1.29 is 14.7 Å². The first-order valence-electron chi connectivity index (χ1n) is 5.91. The number of carbonyl (C=O) groups excluding carboxylic acids is 1. The molecule has 104 valence electrons. The van der Waals surface area contributed by atoms with Gasteiger partial charge in [-0.05, 0) is 19.4 Å². The third-order valence-electron chi connectivity index (χ3n) is 2.87. The molecule has 0 saturated heterocycles. The van der Waals surface area contributed by atoms with E-state index >= 15 is 0 Å². The molecule has 1 aromatic carbocycles. The lowest BCUT2D eigenvalue weighted by atomic mass is 10.0. The Morgan fingerprint density at radius 3 is 2.42 bits per heavy atom.